The number of ether oxygens (including phenoxy) is 1. The summed E-state index contributed by atoms with van der Waals surface area (Å²) in [6.45, 7) is 6.33. The fourth-order valence-electron chi connectivity index (χ4n) is 4.57. The van der Waals surface area contributed by atoms with E-state index < -0.39 is 17.7 Å². The average Bonchev–Trinajstić information content (AvgIpc) is 2.83. The third-order valence-corrected chi connectivity index (χ3v) is 6.55. The van der Waals surface area contributed by atoms with E-state index in [9.17, 15) is 19.6 Å². The van der Waals surface area contributed by atoms with Gasteiger partial charge in [-0.3, -0.25) is 19.6 Å². The van der Waals surface area contributed by atoms with Crippen molar-refractivity contribution in [3.63, 3.8) is 0 Å². The number of piperidine rings is 2. The van der Waals surface area contributed by atoms with Crippen LogP contribution in [0, 0.1) is 18.8 Å². The van der Waals surface area contributed by atoms with E-state index >= 15 is 0 Å². The summed E-state index contributed by atoms with van der Waals surface area (Å²) >= 11 is 0. The van der Waals surface area contributed by atoms with Gasteiger partial charge < -0.3 is 14.5 Å². The minimum absolute atomic E-state index is 0.0133. The maximum atomic E-state index is 13.2. The lowest BCUT2D eigenvalue weighted by atomic mass is 9.83. The molecule has 8 nitrogen and oxygen atoms in total. The Morgan fingerprint density at radius 3 is 2.31 bits per heavy atom. The highest BCUT2D eigenvalue weighted by Crippen LogP contribution is 2.28. The summed E-state index contributed by atoms with van der Waals surface area (Å²) in [4.78, 5) is 41.2. The van der Waals surface area contributed by atoms with Crippen LogP contribution in [0.1, 0.15) is 50.2 Å². The molecule has 1 aromatic rings. The highest BCUT2D eigenvalue weighted by atomic mass is 16.5. The molecule has 2 atom stereocenters. The first-order chi connectivity index (χ1) is 15.4. The molecule has 2 heterocycles. The molecule has 0 bridgehead atoms. The van der Waals surface area contributed by atoms with Crippen LogP contribution in [0.4, 0.5) is 0 Å². The number of likely N-dealkylation sites (tertiary alicyclic amines) is 2. The summed E-state index contributed by atoms with van der Waals surface area (Å²) in [5, 5.41) is 9.18. The zero-order chi connectivity index (χ0) is 23.1. The van der Waals surface area contributed by atoms with Crippen molar-refractivity contribution >= 4 is 17.7 Å². The van der Waals surface area contributed by atoms with Gasteiger partial charge in [0.25, 0.3) is 0 Å². The van der Waals surface area contributed by atoms with Gasteiger partial charge in [0.1, 0.15) is 0 Å². The summed E-state index contributed by atoms with van der Waals surface area (Å²) in [6, 6.07) is 8.27. The lowest BCUT2D eigenvalue weighted by Crippen LogP contribution is -2.54. The number of carbonyl (C=O) groups excluding carboxylic acids is 3. The van der Waals surface area contributed by atoms with Crippen LogP contribution in [0.5, 0.6) is 0 Å². The van der Waals surface area contributed by atoms with Gasteiger partial charge in [0.05, 0.1) is 24.5 Å². The molecule has 32 heavy (non-hydrogen) atoms. The van der Waals surface area contributed by atoms with E-state index in [0.29, 0.717) is 39.1 Å². The first kappa shape index (κ1) is 24.2. The van der Waals surface area contributed by atoms with E-state index in [0.717, 1.165) is 24.8 Å². The Bertz CT molecular complexity index is 789. The van der Waals surface area contributed by atoms with E-state index in [1.165, 1.54) is 5.56 Å². The van der Waals surface area contributed by atoms with Crippen molar-refractivity contribution < 1.29 is 24.3 Å². The minimum Gasteiger partial charge on any atom is -0.373 e. The first-order valence-corrected chi connectivity index (χ1v) is 11.6. The number of aryl methyl sites for hydroxylation is 1. The van der Waals surface area contributed by atoms with Crippen LogP contribution in [0.25, 0.3) is 0 Å². The third-order valence-electron chi connectivity index (χ3n) is 6.55. The molecular weight excluding hydrogens is 410 g/mol. The molecule has 1 aromatic carbocycles. The summed E-state index contributed by atoms with van der Waals surface area (Å²) in [5.74, 6) is -1.96. The number of rotatable bonds is 7. The van der Waals surface area contributed by atoms with Crippen LogP contribution in [0.15, 0.2) is 24.3 Å². The van der Waals surface area contributed by atoms with E-state index in [1.807, 2.05) is 6.92 Å². The van der Waals surface area contributed by atoms with Crippen molar-refractivity contribution in [3.8, 4) is 0 Å². The Morgan fingerprint density at radius 2 is 1.69 bits per heavy atom. The minimum atomic E-state index is -0.738. The molecule has 0 aromatic heterocycles. The van der Waals surface area contributed by atoms with Crippen LogP contribution >= 0.6 is 0 Å². The number of nitrogens with one attached hydrogen (secondary N) is 1. The van der Waals surface area contributed by atoms with Gasteiger partial charge >= 0.3 is 0 Å². The number of amides is 3. The fourth-order valence-corrected chi connectivity index (χ4v) is 4.57. The predicted octanol–water partition coefficient (Wildman–Crippen LogP) is 2.27. The van der Waals surface area contributed by atoms with Crippen molar-refractivity contribution in [1.82, 2.24) is 15.3 Å². The largest absolute Gasteiger partial charge is 0.373 e. The Hall–Kier alpha value is -2.45. The Labute approximate surface area is 189 Å². The molecule has 0 saturated carbocycles. The highest BCUT2D eigenvalue weighted by Gasteiger charge is 2.42. The topological polar surface area (TPSA) is 99.2 Å². The average molecular weight is 446 g/mol. The van der Waals surface area contributed by atoms with Crippen molar-refractivity contribution in [2.75, 3.05) is 26.2 Å². The lowest BCUT2D eigenvalue weighted by Gasteiger charge is -2.40. The van der Waals surface area contributed by atoms with Crippen molar-refractivity contribution in [3.05, 3.63) is 35.4 Å². The lowest BCUT2D eigenvalue weighted by molar-refractivity contribution is -0.153. The molecule has 0 radical (unpaired) electrons. The molecular formula is C24H35N3O5. The Balaban J connectivity index is 1.53. The number of hydrogen-bond donors (Lipinski definition) is 2. The number of hydrogen-bond acceptors (Lipinski definition) is 5. The summed E-state index contributed by atoms with van der Waals surface area (Å²) in [7, 11) is 0. The van der Waals surface area contributed by atoms with Crippen molar-refractivity contribution in [1.29, 1.82) is 0 Å². The molecule has 2 fully saturated rings. The van der Waals surface area contributed by atoms with Gasteiger partial charge in [-0.15, -0.1) is 0 Å². The van der Waals surface area contributed by atoms with Crippen molar-refractivity contribution in [2.45, 2.75) is 58.7 Å². The second-order valence-corrected chi connectivity index (χ2v) is 8.89. The van der Waals surface area contributed by atoms with Crippen LogP contribution in [-0.2, 0) is 25.7 Å². The second-order valence-electron chi connectivity index (χ2n) is 8.89. The molecule has 0 aliphatic carbocycles. The van der Waals surface area contributed by atoms with E-state index in [1.54, 1.807) is 15.3 Å². The fraction of sp³-hybridized carbons (Fsp3) is 0.625. The molecule has 176 valence electrons. The smallest absolute Gasteiger partial charge is 0.249 e. The number of hydroxylamine groups is 1. The van der Waals surface area contributed by atoms with Crippen molar-refractivity contribution in [2.24, 2.45) is 11.8 Å². The molecule has 0 spiro atoms. The summed E-state index contributed by atoms with van der Waals surface area (Å²) in [6.07, 6.45) is 3.18. The van der Waals surface area contributed by atoms with E-state index in [4.69, 9.17) is 4.74 Å². The zero-order valence-corrected chi connectivity index (χ0v) is 19.1. The SMILES string of the molecule is CCCC(=O)N1CCC(C(=O)N2CCC(OCc3ccc(C)cc3)CC2)C(C(=O)NO)C1. The van der Waals surface area contributed by atoms with Gasteiger partial charge in [0, 0.05) is 32.6 Å². The molecule has 3 rings (SSSR count). The van der Waals surface area contributed by atoms with E-state index in [-0.39, 0.29) is 24.5 Å². The van der Waals surface area contributed by atoms with Gasteiger partial charge in [-0.25, -0.2) is 5.48 Å². The van der Waals surface area contributed by atoms with Gasteiger partial charge in [0.2, 0.25) is 17.7 Å². The predicted molar refractivity (Wildman–Crippen MR) is 119 cm³/mol. The first-order valence-electron chi connectivity index (χ1n) is 11.6. The van der Waals surface area contributed by atoms with Crippen LogP contribution in [0.3, 0.4) is 0 Å². The van der Waals surface area contributed by atoms with E-state index in [2.05, 4.69) is 31.2 Å². The van der Waals surface area contributed by atoms with Crippen LogP contribution in [-0.4, -0.2) is 65.0 Å². The molecule has 8 heteroatoms. The maximum Gasteiger partial charge on any atom is 0.249 e. The number of benzene rings is 1. The third kappa shape index (κ3) is 6.07. The van der Waals surface area contributed by atoms with Gasteiger partial charge in [-0.05, 0) is 38.2 Å². The summed E-state index contributed by atoms with van der Waals surface area (Å²) < 4.78 is 6.04. The van der Waals surface area contributed by atoms with Crippen LogP contribution in [0.2, 0.25) is 0 Å². The molecule has 3 amide bonds. The van der Waals surface area contributed by atoms with Gasteiger partial charge in [0.15, 0.2) is 0 Å². The number of carbonyl (C=O) groups is 3. The molecule has 2 unspecified atom stereocenters. The zero-order valence-electron chi connectivity index (χ0n) is 19.1. The highest BCUT2D eigenvalue weighted by molar-refractivity contribution is 5.88. The molecule has 2 saturated heterocycles. The Morgan fingerprint density at radius 1 is 1.03 bits per heavy atom. The monoisotopic (exact) mass is 445 g/mol. The molecule has 2 N–H and O–H groups in total. The molecule has 2 aliphatic heterocycles. The van der Waals surface area contributed by atoms with Gasteiger partial charge in [-0.2, -0.15) is 0 Å². The quantitative estimate of drug-likeness (QED) is 0.496. The van der Waals surface area contributed by atoms with Gasteiger partial charge in [-0.1, -0.05) is 36.8 Å². The summed E-state index contributed by atoms with van der Waals surface area (Å²) in [5.41, 5.74) is 4.04. The Kier molecular flexibility index (Phi) is 8.64. The van der Waals surface area contributed by atoms with Crippen LogP contribution < -0.4 is 5.48 Å². The number of nitrogens with zero attached hydrogens (tertiary/aromatic N) is 2. The normalized spacial score (nSPS) is 22.0. The maximum absolute atomic E-state index is 13.2. The second kappa shape index (κ2) is 11.4. The standard InChI is InChI=1S/C24H35N3O5/c1-3-4-22(28)27-14-11-20(21(15-27)23(29)25-31)24(30)26-12-9-19(10-13-26)32-16-18-7-5-17(2)6-8-18/h5-8,19-21,31H,3-4,9-16H2,1-2H3,(H,25,29). The molecule has 2 aliphatic rings.